The normalized spacial score (nSPS) is 18.6. The maximum atomic E-state index is 12.1. The summed E-state index contributed by atoms with van der Waals surface area (Å²) in [5, 5.41) is 10.2. The SMILES string of the molecule is COC[C@H](C)NC(=O)C1CCN(Cc2cc(C)[nH]n2)CC1. The lowest BCUT2D eigenvalue weighted by Gasteiger charge is -2.31. The van der Waals surface area contributed by atoms with E-state index in [0.29, 0.717) is 6.61 Å². The molecule has 6 nitrogen and oxygen atoms in total. The summed E-state index contributed by atoms with van der Waals surface area (Å²) in [6.07, 6.45) is 1.82. The summed E-state index contributed by atoms with van der Waals surface area (Å²) in [6, 6.07) is 2.15. The summed E-state index contributed by atoms with van der Waals surface area (Å²) in [6.45, 7) is 7.29. The molecular formula is C15H26N4O2. The number of H-pyrrole nitrogens is 1. The minimum Gasteiger partial charge on any atom is -0.383 e. The van der Waals surface area contributed by atoms with Crippen LogP contribution in [-0.2, 0) is 16.1 Å². The van der Waals surface area contributed by atoms with Crippen LogP contribution in [0.1, 0.15) is 31.2 Å². The molecule has 0 aromatic carbocycles. The third-order valence-corrected chi connectivity index (χ3v) is 3.91. The first kappa shape index (κ1) is 16.0. The van der Waals surface area contributed by atoms with Crippen molar-refractivity contribution in [3.8, 4) is 0 Å². The van der Waals surface area contributed by atoms with E-state index in [4.69, 9.17) is 4.74 Å². The molecule has 0 bridgehead atoms. The Labute approximate surface area is 126 Å². The highest BCUT2D eigenvalue weighted by molar-refractivity contribution is 5.79. The Kier molecular flexibility index (Phi) is 5.76. The average molecular weight is 294 g/mol. The van der Waals surface area contributed by atoms with Crippen LogP contribution in [0.3, 0.4) is 0 Å². The maximum Gasteiger partial charge on any atom is 0.223 e. The molecule has 0 saturated carbocycles. The van der Waals surface area contributed by atoms with E-state index in [9.17, 15) is 4.79 Å². The van der Waals surface area contributed by atoms with Crippen molar-refractivity contribution in [2.75, 3.05) is 26.8 Å². The number of aryl methyl sites for hydroxylation is 1. The Balaban J connectivity index is 1.73. The van der Waals surface area contributed by atoms with Crippen LogP contribution in [0, 0.1) is 12.8 Å². The average Bonchev–Trinajstić information content (AvgIpc) is 2.85. The number of nitrogens with one attached hydrogen (secondary N) is 2. The number of carbonyl (C=O) groups is 1. The van der Waals surface area contributed by atoms with E-state index >= 15 is 0 Å². The number of methoxy groups -OCH3 is 1. The second kappa shape index (κ2) is 7.56. The monoisotopic (exact) mass is 294 g/mol. The molecule has 6 heteroatoms. The molecular weight excluding hydrogens is 268 g/mol. The van der Waals surface area contributed by atoms with E-state index in [-0.39, 0.29) is 17.9 Å². The Morgan fingerprint density at radius 2 is 2.29 bits per heavy atom. The first-order valence-corrected chi connectivity index (χ1v) is 7.61. The Morgan fingerprint density at radius 1 is 1.57 bits per heavy atom. The largest absolute Gasteiger partial charge is 0.383 e. The second-order valence-electron chi connectivity index (χ2n) is 5.96. The van der Waals surface area contributed by atoms with Crippen LogP contribution >= 0.6 is 0 Å². The van der Waals surface area contributed by atoms with E-state index in [0.717, 1.165) is 43.9 Å². The number of ether oxygens (including phenoxy) is 1. The molecule has 118 valence electrons. The third kappa shape index (κ3) is 4.82. The maximum absolute atomic E-state index is 12.1. The molecule has 1 saturated heterocycles. The fourth-order valence-corrected chi connectivity index (χ4v) is 2.79. The molecule has 1 atom stereocenters. The van der Waals surface area contributed by atoms with Crippen molar-refractivity contribution in [2.24, 2.45) is 5.92 Å². The molecule has 21 heavy (non-hydrogen) atoms. The van der Waals surface area contributed by atoms with Crippen LogP contribution in [0.4, 0.5) is 0 Å². The van der Waals surface area contributed by atoms with Crippen LogP contribution in [0.25, 0.3) is 0 Å². The molecule has 0 spiro atoms. The van der Waals surface area contributed by atoms with Gasteiger partial charge in [0.15, 0.2) is 0 Å². The number of piperidine rings is 1. The van der Waals surface area contributed by atoms with Crippen LogP contribution in [-0.4, -0.2) is 53.9 Å². The highest BCUT2D eigenvalue weighted by Gasteiger charge is 2.25. The Hall–Kier alpha value is -1.40. The second-order valence-corrected chi connectivity index (χ2v) is 5.96. The molecule has 0 radical (unpaired) electrons. The van der Waals surface area contributed by atoms with Gasteiger partial charge in [0.25, 0.3) is 0 Å². The van der Waals surface area contributed by atoms with Gasteiger partial charge in [0, 0.05) is 31.3 Å². The molecule has 1 aliphatic rings. The molecule has 1 amide bonds. The number of aromatic amines is 1. The molecule has 0 unspecified atom stereocenters. The predicted octanol–water partition coefficient (Wildman–Crippen LogP) is 1.08. The van der Waals surface area contributed by atoms with Gasteiger partial charge in [-0.1, -0.05) is 0 Å². The molecule has 1 aromatic heterocycles. The van der Waals surface area contributed by atoms with Gasteiger partial charge in [-0.15, -0.1) is 0 Å². The van der Waals surface area contributed by atoms with Crippen LogP contribution in [0.2, 0.25) is 0 Å². The number of amides is 1. The number of hydrogen-bond acceptors (Lipinski definition) is 4. The smallest absolute Gasteiger partial charge is 0.223 e. The van der Waals surface area contributed by atoms with Crippen LogP contribution in [0.15, 0.2) is 6.07 Å². The topological polar surface area (TPSA) is 70.2 Å². The standard InChI is InChI=1S/C15H26N4O2/c1-11-8-14(18-17-11)9-19-6-4-13(5-7-19)15(20)16-12(2)10-21-3/h8,12-13H,4-7,9-10H2,1-3H3,(H,16,20)(H,17,18)/t12-/m0/s1. The zero-order valence-electron chi connectivity index (χ0n) is 13.2. The Morgan fingerprint density at radius 3 is 2.86 bits per heavy atom. The van der Waals surface area contributed by atoms with Gasteiger partial charge in [-0.3, -0.25) is 14.8 Å². The van der Waals surface area contributed by atoms with Crippen LogP contribution < -0.4 is 5.32 Å². The van der Waals surface area contributed by atoms with Crippen molar-refractivity contribution >= 4 is 5.91 Å². The van der Waals surface area contributed by atoms with Crippen molar-refractivity contribution in [2.45, 2.75) is 39.3 Å². The molecule has 0 aliphatic carbocycles. The lowest BCUT2D eigenvalue weighted by Crippen LogP contribution is -2.44. The fraction of sp³-hybridized carbons (Fsp3) is 0.733. The molecule has 2 heterocycles. The third-order valence-electron chi connectivity index (χ3n) is 3.91. The van der Waals surface area contributed by atoms with Gasteiger partial charge in [-0.2, -0.15) is 5.10 Å². The van der Waals surface area contributed by atoms with E-state index < -0.39 is 0 Å². The van der Waals surface area contributed by atoms with E-state index in [2.05, 4.69) is 26.5 Å². The summed E-state index contributed by atoms with van der Waals surface area (Å²) in [7, 11) is 1.65. The first-order valence-electron chi connectivity index (χ1n) is 7.61. The first-order chi connectivity index (χ1) is 10.1. The highest BCUT2D eigenvalue weighted by atomic mass is 16.5. The summed E-state index contributed by atoms with van der Waals surface area (Å²) < 4.78 is 5.04. The number of likely N-dealkylation sites (tertiary alicyclic amines) is 1. The van der Waals surface area contributed by atoms with Crippen molar-refractivity contribution in [3.05, 3.63) is 17.5 Å². The van der Waals surface area contributed by atoms with Crippen molar-refractivity contribution in [1.29, 1.82) is 0 Å². The molecule has 2 rings (SSSR count). The van der Waals surface area contributed by atoms with Gasteiger partial charge in [-0.05, 0) is 45.8 Å². The van der Waals surface area contributed by atoms with Crippen molar-refractivity contribution in [3.63, 3.8) is 0 Å². The minimum atomic E-state index is 0.0764. The fourth-order valence-electron chi connectivity index (χ4n) is 2.79. The highest BCUT2D eigenvalue weighted by Crippen LogP contribution is 2.19. The lowest BCUT2D eigenvalue weighted by molar-refractivity contribution is -0.127. The predicted molar refractivity (Wildman–Crippen MR) is 80.8 cm³/mol. The van der Waals surface area contributed by atoms with Gasteiger partial charge >= 0.3 is 0 Å². The van der Waals surface area contributed by atoms with Crippen molar-refractivity contribution < 1.29 is 9.53 Å². The molecule has 1 fully saturated rings. The lowest BCUT2D eigenvalue weighted by atomic mass is 9.95. The summed E-state index contributed by atoms with van der Waals surface area (Å²) in [5.74, 6) is 0.288. The summed E-state index contributed by atoms with van der Waals surface area (Å²) in [5.41, 5.74) is 2.16. The Bertz CT molecular complexity index is 452. The minimum absolute atomic E-state index is 0.0764. The van der Waals surface area contributed by atoms with Gasteiger partial charge in [-0.25, -0.2) is 0 Å². The molecule has 1 aliphatic heterocycles. The van der Waals surface area contributed by atoms with Gasteiger partial charge in [0.05, 0.1) is 12.3 Å². The van der Waals surface area contributed by atoms with Crippen molar-refractivity contribution in [1.82, 2.24) is 20.4 Å². The van der Waals surface area contributed by atoms with Gasteiger partial charge in [0.2, 0.25) is 5.91 Å². The number of nitrogens with zero attached hydrogens (tertiary/aromatic N) is 2. The van der Waals surface area contributed by atoms with E-state index in [1.807, 2.05) is 13.8 Å². The number of rotatable bonds is 6. The molecule has 2 N–H and O–H groups in total. The zero-order valence-corrected chi connectivity index (χ0v) is 13.2. The van der Waals surface area contributed by atoms with Crippen LogP contribution in [0.5, 0.6) is 0 Å². The number of carbonyl (C=O) groups excluding carboxylic acids is 1. The molecule has 1 aromatic rings. The van der Waals surface area contributed by atoms with E-state index in [1.54, 1.807) is 7.11 Å². The summed E-state index contributed by atoms with van der Waals surface area (Å²) >= 11 is 0. The van der Waals surface area contributed by atoms with E-state index in [1.165, 1.54) is 0 Å². The summed E-state index contributed by atoms with van der Waals surface area (Å²) in [4.78, 5) is 14.5. The van der Waals surface area contributed by atoms with Gasteiger partial charge < -0.3 is 10.1 Å². The number of hydrogen-bond donors (Lipinski definition) is 2. The zero-order chi connectivity index (χ0) is 15.2. The number of aromatic nitrogens is 2. The van der Waals surface area contributed by atoms with Gasteiger partial charge in [0.1, 0.15) is 0 Å². The quantitative estimate of drug-likeness (QED) is 0.824.